The van der Waals surface area contributed by atoms with Crippen molar-refractivity contribution in [2.45, 2.75) is 6.54 Å². The average molecular weight is 401 g/mol. The molecule has 0 unspecified atom stereocenters. The van der Waals surface area contributed by atoms with Gasteiger partial charge in [0.25, 0.3) is 0 Å². The van der Waals surface area contributed by atoms with E-state index >= 15 is 0 Å². The van der Waals surface area contributed by atoms with Crippen molar-refractivity contribution in [3.05, 3.63) is 82.1 Å². The number of nitrogens with zero attached hydrogens (tertiary/aromatic N) is 3. The van der Waals surface area contributed by atoms with Gasteiger partial charge in [0, 0.05) is 22.8 Å². The number of fused-ring (bicyclic) bond motifs is 1. The minimum absolute atomic E-state index is 0.632. The summed E-state index contributed by atoms with van der Waals surface area (Å²) in [7, 11) is 0. The van der Waals surface area contributed by atoms with E-state index in [9.17, 15) is 0 Å². The maximum atomic E-state index is 6.27. The smallest absolute Gasteiger partial charge is 0.204 e. The number of rotatable bonds is 5. The second kappa shape index (κ2) is 7.50. The van der Waals surface area contributed by atoms with Crippen molar-refractivity contribution in [1.29, 1.82) is 0 Å². The van der Waals surface area contributed by atoms with Gasteiger partial charge in [-0.05, 0) is 42.0 Å². The molecule has 0 radical (unpaired) electrons. The topological polar surface area (TPSA) is 42.2 Å². The van der Waals surface area contributed by atoms with Gasteiger partial charge in [-0.25, -0.2) is 4.98 Å². The lowest BCUT2D eigenvalue weighted by Crippen LogP contribution is -2.04. The third kappa shape index (κ3) is 3.75. The molecule has 7 heteroatoms. The van der Waals surface area contributed by atoms with E-state index < -0.39 is 0 Å². The third-order valence-corrected chi connectivity index (χ3v) is 5.40. The molecule has 0 spiro atoms. The lowest BCUT2D eigenvalue weighted by Gasteiger charge is -2.08. The number of aromatic nitrogens is 2. The number of hydrogen-bond donors (Lipinski definition) is 1. The Kier molecular flexibility index (Phi) is 4.93. The Morgan fingerprint density at radius 1 is 1.12 bits per heavy atom. The highest BCUT2D eigenvalue weighted by Gasteiger charge is 2.05. The molecule has 2 heterocycles. The van der Waals surface area contributed by atoms with E-state index in [0.29, 0.717) is 16.6 Å². The molecule has 0 saturated heterocycles. The monoisotopic (exact) mass is 400 g/mol. The van der Waals surface area contributed by atoms with Crippen molar-refractivity contribution >= 4 is 56.1 Å². The number of halogens is 2. The van der Waals surface area contributed by atoms with E-state index in [2.05, 4.69) is 20.1 Å². The van der Waals surface area contributed by atoms with E-state index in [1.54, 1.807) is 23.6 Å². The largest absolute Gasteiger partial charge is 0.342 e. The maximum Gasteiger partial charge on any atom is 0.204 e. The van der Waals surface area contributed by atoms with Gasteiger partial charge in [-0.3, -0.25) is 5.43 Å². The number of nitrogens with one attached hydrogen (secondary N) is 1. The molecular weight excluding hydrogens is 387 g/mol. The molecule has 0 aliphatic rings. The molecule has 0 saturated carbocycles. The number of benzene rings is 2. The molecule has 4 aromatic rings. The second-order valence-corrected chi connectivity index (χ2v) is 7.53. The standard InChI is InChI=1S/C19H14Cl2N4S/c20-14-8-7-13(16(21)10-14)12-25-9-3-4-15(25)11-22-24-19-23-17-5-1-2-6-18(17)26-19/h1-11H,12H2,(H,23,24). The highest BCUT2D eigenvalue weighted by molar-refractivity contribution is 7.22. The average Bonchev–Trinajstić information content (AvgIpc) is 3.23. The summed E-state index contributed by atoms with van der Waals surface area (Å²) < 4.78 is 3.20. The predicted octanol–water partition coefficient (Wildman–Crippen LogP) is 5.90. The summed E-state index contributed by atoms with van der Waals surface area (Å²) in [6, 6.07) is 17.5. The van der Waals surface area contributed by atoms with Gasteiger partial charge >= 0.3 is 0 Å². The molecule has 0 atom stereocenters. The van der Waals surface area contributed by atoms with Crippen LogP contribution in [0.15, 0.2) is 65.9 Å². The molecule has 26 heavy (non-hydrogen) atoms. The van der Waals surface area contributed by atoms with Crippen molar-refractivity contribution in [2.75, 3.05) is 5.43 Å². The number of anilines is 1. The van der Waals surface area contributed by atoms with E-state index in [0.717, 1.165) is 26.6 Å². The van der Waals surface area contributed by atoms with Crippen LogP contribution in [-0.4, -0.2) is 15.8 Å². The molecule has 130 valence electrons. The Labute approximate surface area is 164 Å². The zero-order valence-corrected chi connectivity index (χ0v) is 15.9. The Hall–Kier alpha value is -2.34. The van der Waals surface area contributed by atoms with Gasteiger partial charge in [-0.2, -0.15) is 5.10 Å². The van der Waals surface area contributed by atoms with Gasteiger partial charge in [-0.1, -0.05) is 52.7 Å². The van der Waals surface area contributed by atoms with E-state index in [-0.39, 0.29) is 0 Å². The molecule has 0 fully saturated rings. The minimum Gasteiger partial charge on any atom is -0.342 e. The van der Waals surface area contributed by atoms with Crippen molar-refractivity contribution in [3.8, 4) is 0 Å². The summed E-state index contributed by atoms with van der Waals surface area (Å²) in [6.07, 6.45) is 3.76. The van der Waals surface area contributed by atoms with Crippen molar-refractivity contribution < 1.29 is 0 Å². The molecule has 4 nitrogen and oxygen atoms in total. The Morgan fingerprint density at radius 3 is 2.85 bits per heavy atom. The second-order valence-electron chi connectivity index (χ2n) is 5.65. The van der Waals surface area contributed by atoms with Gasteiger partial charge < -0.3 is 4.57 Å². The van der Waals surface area contributed by atoms with Gasteiger partial charge in [0.15, 0.2) is 0 Å². The van der Waals surface area contributed by atoms with Crippen LogP contribution in [0.25, 0.3) is 10.2 Å². The lowest BCUT2D eigenvalue weighted by molar-refractivity contribution is 0.800. The van der Waals surface area contributed by atoms with Gasteiger partial charge in [-0.15, -0.1) is 0 Å². The SMILES string of the molecule is Clc1ccc(Cn2cccc2C=NNc2nc3ccccc3s2)c(Cl)c1. The van der Waals surface area contributed by atoms with Crippen LogP contribution in [0.1, 0.15) is 11.3 Å². The molecule has 0 amide bonds. The van der Waals surface area contributed by atoms with Gasteiger partial charge in [0.2, 0.25) is 5.13 Å². The van der Waals surface area contributed by atoms with E-state index in [1.165, 1.54) is 0 Å². The first-order valence-electron chi connectivity index (χ1n) is 7.93. The summed E-state index contributed by atoms with van der Waals surface area (Å²) in [5.41, 5.74) is 5.93. The predicted molar refractivity (Wildman–Crippen MR) is 111 cm³/mol. The highest BCUT2D eigenvalue weighted by atomic mass is 35.5. The molecule has 0 aliphatic heterocycles. The number of thiazole rings is 1. The van der Waals surface area contributed by atoms with Gasteiger partial charge in [0.05, 0.1) is 22.1 Å². The zero-order valence-electron chi connectivity index (χ0n) is 13.6. The van der Waals surface area contributed by atoms with Crippen LogP contribution in [-0.2, 0) is 6.54 Å². The van der Waals surface area contributed by atoms with Crippen LogP contribution in [0.5, 0.6) is 0 Å². The summed E-state index contributed by atoms with van der Waals surface area (Å²) in [6.45, 7) is 0.644. The van der Waals surface area contributed by atoms with Crippen LogP contribution < -0.4 is 5.43 Å². The first kappa shape index (κ1) is 17.1. The normalized spacial score (nSPS) is 11.5. The fourth-order valence-electron chi connectivity index (χ4n) is 2.60. The number of hydrogen-bond acceptors (Lipinski definition) is 4. The summed E-state index contributed by atoms with van der Waals surface area (Å²) in [5.74, 6) is 0. The summed E-state index contributed by atoms with van der Waals surface area (Å²) in [4.78, 5) is 4.50. The quantitative estimate of drug-likeness (QED) is 0.334. The molecule has 1 N–H and O–H groups in total. The first-order valence-corrected chi connectivity index (χ1v) is 9.50. The Balaban J connectivity index is 1.48. The first-order chi connectivity index (χ1) is 12.7. The Morgan fingerprint density at radius 2 is 2.00 bits per heavy atom. The maximum absolute atomic E-state index is 6.27. The van der Waals surface area contributed by atoms with Crippen molar-refractivity contribution in [2.24, 2.45) is 5.10 Å². The fourth-order valence-corrected chi connectivity index (χ4v) is 3.88. The fraction of sp³-hybridized carbons (Fsp3) is 0.0526. The van der Waals surface area contributed by atoms with Crippen LogP contribution in [0.3, 0.4) is 0 Å². The van der Waals surface area contributed by atoms with E-state index in [1.807, 2.05) is 54.7 Å². The van der Waals surface area contributed by atoms with Crippen molar-refractivity contribution in [3.63, 3.8) is 0 Å². The van der Waals surface area contributed by atoms with Crippen LogP contribution in [0, 0.1) is 0 Å². The van der Waals surface area contributed by atoms with Crippen LogP contribution in [0.4, 0.5) is 5.13 Å². The Bertz CT molecular complexity index is 1050. The highest BCUT2D eigenvalue weighted by Crippen LogP contribution is 2.25. The van der Waals surface area contributed by atoms with E-state index in [4.69, 9.17) is 23.2 Å². The number of para-hydroxylation sites is 1. The summed E-state index contributed by atoms with van der Waals surface area (Å²) in [5, 5.41) is 6.37. The third-order valence-electron chi connectivity index (χ3n) is 3.87. The minimum atomic E-state index is 0.632. The molecule has 2 aromatic carbocycles. The molecule has 0 aliphatic carbocycles. The molecule has 4 rings (SSSR count). The number of hydrazone groups is 1. The van der Waals surface area contributed by atoms with Crippen LogP contribution in [0.2, 0.25) is 10.0 Å². The summed E-state index contributed by atoms with van der Waals surface area (Å²) >= 11 is 13.8. The molecule has 0 bridgehead atoms. The van der Waals surface area contributed by atoms with Crippen LogP contribution >= 0.6 is 34.5 Å². The van der Waals surface area contributed by atoms with Crippen molar-refractivity contribution in [1.82, 2.24) is 9.55 Å². The molecular formula is C19H14Cl2N4S. The molecule has 2 aromatic heterocycles. The van der Waals surface area contributed by atoms with Gasteiger partial charge in [0.1, 0.15) is 0 Å². The lowest BCUT2D eigenvalue weighted by atomic mass is 10.2. The zero-order chi connectivity index (χ0) is 17.9.